The highest BCUT2D eigenvalue weighted by molar-refractivity contribution is 5.37. The van der Waals surface area contributed by atoms with Crippen molar-refractivity contribution in [3.05, 3.63) is 12.4 Å². The normalized spacial score (nSPS) is 12.8. The van der Waals surface area contributed by atoms with E-state index in [1.807, 2.05) is 19.4 Å². The molecule has 1 atom stereocenters. The van der Waals surface area contributed by atoms with E-state index in [-0.39, 0.29) is 0 Å². The molecule has 13 heavy (non-hydrogen) atoms. The van der Waals surface area contributed by atoms with Gasteiger partial charge in [0.25, 0.3) is 0 Å². The number of nitrogens with zero attached hydrogens (tertiary/aromatic N) is 2. The second kappa shape index (κ2) is 4.87. The van der Waals surface area contributed by atoms with Crippen LogP contribution in [0.25, 0.3) is 0 Å². The lowest BCUT2D eigenvalue weighted by atomic mass is 10.1. The highest BCUT2D eigenvalue weighted by atomic mass is 15.3. The van der Waals surface area contributed by atoms with Crippen molar-refractivity contribution >= 4 is 5.69 Å². The van der Waals surface area contributed by atoms with Crippen LogP contribution in [0.3, 0.4) is 0 Å². The average molecular weight is 182 g/mol. The van der Waals surface area contributed by atoms with E-state index in [0.717, 1.165) is 25.2 Å². The Morgan fingerprint density at radius 1 is 1.69 bits per heavy atom. The van der Waals surface area contributed by atoms with Crippen LogP contribution in [0.2, 0.25) is 0 Å². The Kier molecular flexibility index (Phi) is 3.76. The highest BCUT2D eigenvalue weighted by Gasteiger charge is 1.99. The molecule has 0 aliphatic rings. The molecule has 4 heteroatoms. The van der Waals surface area contributed by atoms with Gasteiger partial charge in [-0.15, -0.1) is 0 Å². The molecule has 0 spiro atoms. The van der Waals surface area contributed by atoms with Crippen LogP contribution in [-0.2, 0) is 7.05 Å². The van der Waals surface area contributed by atoms with Crippen LogP contribution >= 0.6 is 0 Å². The molecule has 3 N–H and O–H groups in total. The molecular formula is C9H18N4. The molecule has 0 amide bonds. The number of anilines is 1. The number of hydrogen-bond donors (Lipinski definition) is 2. The standard InChI is InChI=1S/C9H18N4/c1-8(5-10)3-4-11-9-6-12-13(2)7-9/h6-8,11H,3-5,10H2,1-2H3. The third-order valence-corrected chi connectivity index (χ3v) is 2.07. The van der Waals surface area contributed by atoms with Crippen molar-refractivity contribution in [2.45, 2.75) is 13.3 Å². The molecule has 1 heterocycles. The molecule has 0 fully saturated rings. The van der Waals surface area contributed by atoms with E-state index in [0.29, 0.717) is 5.92 Å². The summed E-state index contributed by atoms with van der Waals surface area (Å²) in [5.41, 5.74) is 6.59. The lowest BCUT2D eigenvalue weighted by Gasteiger charge is -2.08. The topological polar surface area (TPSA) is 55.9 Å². The van der Waals surface area contributed by atoms with Gasteiger partial charge in [-0.2, -0.15) is 5.10 Å². The van der Waals surface area contributed by atoms with Crippen molar-refractivity contribution < 1.29 is 0 Å². The maximum Gasteiger partial charge on any atom is 0.0726 e. The predicted molar refractivity (Wildman–Crippen MR) is 54.5 cm³/mol. The zero-order valence-corrected chi connectivity index (χ0v) is 8.33. The fourth-order valence-corrected chi connectivity index (χ4v) is 1.09. The second-order valence-corrected chi connectivity index (χ2v) is 3.46. The zero-order chi connectivity index (χ0) is 9.68. The summed E-state index contributed by atoms with van der Waals surface area (Å²) in [6.45, 7) is 3.88. The van der Waals surface area contributed by atoms with Crippen molar-refractivity contribution in [2.24, 2.45) is 18.7 Å². The Bertz CT molecular complexity index is 244. The lowest BCUT2D eigenvalue weighted by molar-refractivity contribution is 0.561. The average Bonchev–Trinajstić information content (AvgIpc) is 2.51. The Balaban J connectivity index is 2.20. The summed E-state index contributed by atoms with van der Waals surface area (Å²) in [5, 5.41) is 7.36. The number of nitrogens with one attached hydrogen (secondary N) is 1. The van der Waals surface area contributed by atoms with E-state index in [1.165, 1.54) is 0 Å². The van der Waals surface area contributed by atoms with Crippen LogP contribution in [0.4, 0.5) is 5.69 Å². The van der Waals surface area contributed by atoms with Gasteiger partial charge in [-0.3, -0.25) is 4.68 Å². The Morgan fingerprint density at radius 2 is 2.46 bits per heavy atom. The first-order valence-electron chi connectivity index (χ1n) is 4.65. The fraction of sp³-hybridized carbons (Fsp3) is 0.667. The number of hydrogen-bond acceptors (Lipinski definition) is 3. The van der Waals surface area contributed by atoms with E-state index in [2.05, 4.69) is 17.3 Å². The van der Waals surface area contributed by atoms with Gasteiger partial charge < -0.3 is 11.1 Å². The van der Waals surface area contributed by atoms with Crippen LogP contribution in [0.1, 0.15) is 13.3 Å². The molecule has 0 saturated carbocycles. The molecule has 1 unspecified atom stereocenters. The smallest absolute Gasteiger partial charge is 0.0726 e. The first-order valence-corrected chi connectivity index (χ1v) is 4.65. The molecule has 0 saturated heterocycles. The molecular weight excluding hydrogens is 164 g/mol. The van der Waals surface area contributed by atoms with Crippen LogP contribution in [0.5, 0.6) is 0 Å². The quantitative estimate of drug-likeness (QED) is 0.708. The molecule has 0 aliphatic carbocycles. The van der Waals surface area contributed by atoms with Crippen molar-refractivity contribution in [3.63, 3.8) is 0 Å². The molecule has 1 aromatic heterocycles. The van der Waals surface area contributed by atoms with E-state index < -0.39 is 0 Å². The maximum atomic E-state index is 5.51. The molecule has 0 radical (unpaired) electrons. The number of nitrogens with two attached hydrogens (primary N) is 1. The van der Waals surface area contributed by atoms with Crippen LogP contribution in [0, 0.1) is 5.92 Å². The summed E-state index contributed by atoms with van der Waals surface area (Å²) in [6, 6.07) is 0. The number of aryl methyl sites for hydroxylation is 1. The molecule has 0 aliphatic heterocycles. The fourth-order valence-electron chi connectivity index (χ4n) is 1.09. The SMILES string of the molecule is CC(CN)CCNc1cnn(C)c1. The van der Waals surface area contributed by atoms with Gasteiger partial charge in [-0.1, -0.05) is 6.92 Å². The maximum absolute atomic E-state index is 5.51. The van der Waals surface area contributed by atoms with Crippen LogP contribution in [0.15, 0.2) is 12.4 Å². The van der Waals surface area contributed by atoms with Crippen molar-refractivity contribution in [3.8, 4) is 0 Å². The predicted octanol–water partition coefficient (Wildman–Crippen LogP) is 0.817. The van der Waals surface area contributed by atoms with Crippen LogP contribution < -0.4 is 11.1 Å². The van der Waals surface area contributed by atoms with Gasteiger partial charge in [0.1, 0.15) is 0 Å². The summed E-state index contributed by atoms with van der Waals surface area (Å²) in [4.78, 5) is 0. The van der Waals surface area contributed by atoms with Crippen LogP contribution in [-0.4, -0.2) is 22.9 Å². The minimum atomic E-state index is 0.587. The third-order valence-electron chi connectivity index (χ3n) is 2.07. The largest absolute Gasteiger partial charge is 0.382 e. The molecule has 4 nitrogen and oxygen atoms in total. The summed E-state index contributed by atoms with van der Waals surface area (Å²) in [5.74, 6) is 0.587. The van der Waals surface area contributed by atoms with Gasteiger partial charge in [0.2, 0.25) is 0 Å². The number of rotatable bonds is 5. The van der Waals surface area contributed by atoms with Gasteiger partial charge in [-0.25, -0.2) is 0 Å². The first-order chi connectivity index (χ1) is 6.22. The van der Waals surface area contributed by atoms with Gasteiger partial charge in [0.15, 0.2) is 0 Å². The minimum absolute atomic E-state index is 0.587. The van der Waals surface area contributed by atoms with Gasteiger partial charge in [0.05, 0.1) is 11.9 Å². The molecule has 0 aromatic carbocycles. The van der Waals surface area contributed by atoms with Gasteiger partial charge in [-0.05, 0) is 18.9 Å². The second-order valence-electron chi connectivity index (χ2n) is 3.46. The van der Waals surface area contributed by atoms with Gasteiger partial charge >= 0.3 is 0 Å². The summed E-state index contributed by atoms with van der Waals surface area (Å²) < 4.78 is 1.79. The summed E-state index contributed by atoms with van der Waals surface area (Å²) in [6.07, 6.45) is 4.89. The van der Waals surface area contributed by atoms with Crippen molar-refractivity contribution in [1.82, 2.24) is 9.78 Å². The monoisotopic (exact) mass is 182 g/mol. The molecule has 0 bridgehead atoms. The van der Waals surface area contributed by atoms with Crippen molar-refractivity contribution in [1.29, 1.82) is 0 Å². The van der Waals surface area contributed by atoms with Gasteiger partial charge in [0, 0.05) is 19.8 Å². The Morgan fingerprint density at radius 3 is 3.00 bits per heavy atom. The molecule has 74 valence electrons. The van der Waals surface area contributed by atoms with E-state index in [4.69, 9.17) is 5.73 Å². The number of aromatic nitrogens is 2. The summed E-state index contributed by atoms with van der Waals surface area (Å²) in [7, 11) is 1.91. The van der Waals surface area contributed by atoms with E-state index in [1.54, 1.807) is 4.68 Å². The molecule has 1 aromatic rings. The summed E-state index contributed by atoms with van der Waals surface area (Å²) >= 11 is 0. The van der Waals surface area contributed by atoms with E-state index >= 15 is 0 Å². The first kappa shape index (κ1) is 10.1. The third kappa shape index (κ3) is 3.46. The zero-order valence-electron chi connectivity index (χ0n) is 8.33. The van der Waals surface area contributed by atoms with E-state index in [9.17, 15) is 0 Å². The lowest BCUT2D eigenvalue weighted by Crippen LogP contribution is -2.14. The Hall–Kier alpha value is -1.03. The minimum Gasteiger partial charge on any atom is -0.382 e. The Labute approximate surface area is 79.1 Å². The van der Waals surface area contributed by atoms with Crippen molar-refractivity contribution in [2.75, 3.05) is 18.4 Å². The highest BCUT2D eigenvalue weighted by Crippen LogP contribution is 2.05. The molecule has 1 rings (SSSR count).